The number of aromatic nitrogens is 1. The van der Waals surface area contributed by atoms with Crippen molar-refractivity contribution in [3.8, 4) is 0 Å². The first-order valence-corrected chi connectivity index (χ1v) is 7.40. The van der Waals surface area contributed by atoms with Crippen LogP contribution in [0.3, 0.4) is 0 Å². The van der Waals surface area contributed by atoms with Gasteiger partial charge in [-0.3, -0.25) is 14.9 Å². The molecule has 0 spiro atoms. The highest BCUT2D eigenvalue weighted by Crippen LogP contribution is 2.22. The number of carbonyl (C=O) groups is 1. The first kappa shape index (κ1) is 15.2. The molecule has 2 heterocycles. The zero-order valence-electron chi connectivity index (χ0n) is 12.6. The lowest BCUT2D eigenvalue weighted by Crippen LogP contribution is -2.42. The molecule has 1 aromatic carbocycles. The van der Waals surface area contributed by atoms with Crippen LogP contribution >= 0.6 is 0 Å². The quantitative estimate of drug-likeness (QED) is 0.636. The number of morpholine rings is 1. The minimum atomic E-state index is -0.495. The zero-order valence-corrected chi connectivity index (χ0v) is 12.6. The van der Waals surface area contributed by atoms with Crippen LogP contribution in [0.1, 0.15) is 5.56 Å². The van der Waals surface area contributed by atoms with Crippen LogP contribution in [0.5, 0.6) is 0 Å². The Hall–Kier alpha value is -2.67. The van der Waals surface area contributed by atoms with E-state index in [4.69, 9.17) is 4.74 Å². The second-order valence-electron chi connectivity index (χ2n) is 5.32. The predicted octanol–water partition coefficient (Wildman–Crippen LogP) is 1.75. The first-order valence-electron chi connectivity index (χ1n) is 7.40. The standard InChI is InChI=1S/C16H17N3O4/c20-16(17-7-9-23-10-8-17)12-18-11-13(5-6-19(21)22)14-3-1-2-4-15(14)18/h1-6,11H,7-10,12H2/b6-5+. The maximum Gasteiger partial charge on any atom is 0.242 e. The van der Waals surface area contributed by atoms with Gasteiger partial charge in [0.05, 0.1) is 18.1 Å². The van der Waals surface area contributed by atoms with Crippen LogP contribution in [0.2, 0.25) is 0 Å². The summed E-state index contributed by atoms with van der Waals surface area (Å²) in [5.41, 5.74) is 1.61. The van der Waals surface area contributed by atoms with Crippen LogP contribution in [0.25, 0.3) is 17.0 Å². The average Bonchev–Trinajstić information content (AvgIpc) is 2.92. The molecule has 1 amide bonds. The molecule has 1 aliphatic rings. The largest absolute Gasteiger partial charge is 0.378 e. The number of hydrogen-bond acceptors (Lipinski definition) is 4. The summed E-state index contributed by atoms with van der Waals surface area (Å²) in [6, 6.07) is 7.56. The minimum absolute atomic E-state index is 0.0267. The van der Waals surface area contributed by atoms with Gasteiger partial charge in [-0.1, -0.05) is 18.2 Å². The second-order valence-corrected chi connectivity index (χ2v) is 5.32. The first-order chi connectivity index (χ1) is 11.1. The van der Waals surface area contributed by atoms with Crippen molar-refractivity contribution < 1.29 is 14.5 Å². The fourth-order valence-electron chi connectivity index (χ4n) is 2.74. The molecular weight excluding hydrogens is 298 g/mol. The Morgan fingerprint density at radius 2 is 2.04 bits per heavy atom. The average molecular weight is 315 g/mol. The Kier molecular flexibility index (Phi) is 4.38. The number of para-hydroxylation sites is 1. The van der Waals surface area contributed by atoms with E-state index < -0.39 is 4.92 Å². The summed E-state index contributed by atoms with van der Waals surface area (Å²) < 4.78 is 7.10. The van der Waals surface area contributed by atoms with Crippen LogP contribution < -0.4 is 0 Å². The maximum absolute atomic E-state index is 12.4. The summed E-state index contributed by atoms with van der Waals surface area (Å²) in [6.45, 7) is 2.55. The predicted molar refractivity (Wildman–Crippen MR) is 85.4 cm³/mol. The van der Waals surface area contributed by atoms with E-state index in [0.717, 1.165) is 22.7 Å². The molecule has 1 saturated heterocycles. The molecule has 0 bridgehead atoms. The number of fused-ring (bicyclic) bond motifs is 1. The van der Waals surface area contributed by atoms with Crippen molar-refractivity contribution in [2.75, 3.05) is 26.3 Å². The Balaban J connectivity index is 1.88. The van der Waals surface area contributed by atoms with Crippen molar-refractivity contribution in [1.82, 2.24) is 9.47 Å². The van der Waals surface area contributed by atoms with E-state index in [2.05, 4.69) is 0 Å². The van der Waals surface area contributed by atoms with Crippen LogP contribution in [0.15, 0.2) is 36.7 Å². The van der Waals surface area contributed by atoms with Crippen molar-refractivity contribution >= 4 is 22.9 Å². The Morgan fingerprint density at radius 3 is 2.78 bits per heavy atom. The van der Waals surface area contributed by atoms with Crippen molar-refractivity contribution in [1.29, 1.82) is 0 Å². The fraction of sp³-hybridized carbons (Fsp3) is 0.312. The topological polar surface area (TPSA) is 77.6 Å². The summed E-state index contributed by atoms with van der Waals surface area (Å²) in [6.07, 6.45) is 4.15. The monoisotopic (exact) mass is 315 g/mol. The lowest BCUT2D eigenvalue weighted by atomic mass is 10.2. The van der Waals surface area contributed by atoms with Gasteiger partial charge in [0.25, 0.3) is 0 Å². The number of carbonyl (C=O) groups excluding carboxylic acids is 1. The molecule has 0 saturated carbocycles. The van der Waals surface area contributed by atoms with E-state index in [1.807, 2.05) is 28.8 Å². The SMILES string of the molecule is O=C(Cn1cc(/C=C/[N+](=O)[O-])c2ccccc21)N1CCOCC1. The number of nitro groups is 1. The number of amides is 1. The van der Waals surface area contributed by atoms with E-state index in [-0.39, 0.29) is 12.5 Å². The van der Waals surface area contributed by atoms with Gasteiger partial charge in [0.1, 0.15) is 6.54 Å². The van der Waals surface area contributed by atoms with Crippen LogP contribution in [-0.2, 0) is 16.1 Å². The molecule has 3 rings (SSSR count). The van der Waals surface area contributed by atoms with Crippen molar-refractivity contribution in [3.05, 3.63) is 52.3 Å². The molecule has 7 nitrogen and oxygen atoms in total. The summed E-state index contributed by atoms with van der Waals surface area (Å²) >= 11 is 0. The van der Waals surface area contributed by atoms with Gasteiger partial charge in [-0.25, -0.2) is 0 Å². The molecule has 0 aliphatic carbocycles. The third kappa shape index (κ3) is 3.40. The lowest BCUT2D eigenvalue weighted by molar-refractivity contribution is -0.400. The molecule has 120 valence electrons. The highest BCUT2D eigenvalue weighted by atomic mass is 16.6. The van der Waals surface area contributed by atoms with Crippen LogP contribution in [0, 0.1) is 10.1 Å². The van der Waals surface area contributed by atoms with E-state index in [0.29, 0.717) is 26.3 Å². The molecule has 1 aliphatic heterocycles. The van der Waals surface area contributed by atoms with Gasteiger partial charge in [-0.2, -0.15) is 0 Å². The van der Waals surface area contributed by atoms with Crippen molar-refractivity contribution in [2.45, 2.75) is 6.54 Å². The highest BCUT2D eigenvalue weighted by molar-refractivity contribution is 5.90. The van der Waals surface area contributed by atoms with Gasteiger partial charge in [-0.05, 0) is 6.07 Å². The van der Waals surface area contributed by atoms with Crippen molar-refractivity contribution in [2.24, 2.45) is 0 Å². The van der Waals surface area contributed by atoms with Gasteiger partial charge in [0, 0.05) is 41.8 Å². The molecule has 0 radical (unpaired) electrons. The number of hydrogen-bond donors (Lipinski definition) is 0. The second kappa shape index (κ2) is 6.62. The van der Waals surface area contributed by atoms with Gasteiger partial charge in [0.2, 0.25) is 12.1 Å². The summed E-state index contributed by atoms with van der Waals surface area (Å²) in [7, 11) is 0. The normalized spacial score (nSPS) is 15.4. The third-order valence-electron chi connectivity index (χ3n) is 3.86. The molecule has 7 heteroatoms. The summed E-state index contributed by atoms with van der Waals surface area (Å²) in [4.78, 5) is 24.2. The number of benzene rings is 1. The number of nitrogens with zero attached hydrogens (tertiary/aromatic N) is 3. The van der Waals surface area contributed by atoms with E-state index in [1.54, 1.807) is 11.1 Å². The molecule has 1 aromatic heterocycles. The minimum Gasteiger partial charge on any atom is -0.378 e. The van der Waals surface area contributed by atoms with E-state index in [1.165, 1.54) is 6.08 Å². The molecule has 0 N–H and O–H groups in total. The molecule has 2 aromatic rings. The number of rotatable bonds is 4. The Morgan fingerprint density at radius 1 is 1.30 bits per heavy atom. The van der Waals surface area contributed by atoms with Crippen LogP contribution in [0.4, 0.5) is 0 Å². The molecular formula is C16H17N3O4. The van der Waals surface area contributed by atoms with E-state index >= 15 is 0 Å². The van der Waals surface area contributed by atoms with Crippen molar-refractivity contribution in [3.63, 3.8) is 0 Å². The van der Waals surface area contributed by atoms with Gasteiger partial charge < -0.3 is 14.2 Å². The maximum atomic E-state index is 12.4. The number of ether oxygens (including phenoxy) is 1. The zero-order chi connectivity index (χ0) is 16.2. The Bertz CT molecular complexity index is 760. The van der Waals surface area contributed by atoms with Gasteiger partial charge in [0.15, 0.2) is 0 Å². The third-order valence-corrected chi connectivity index (χ3v) is 3.86. The highest BCUT2D eigenvalue weighted by Gasteiger charge is 2.18. The summed E-state index contributed by atoms with van der Waals surface area (Å²) in [5.74, 6) is 0.0267. The summed E-state index contributed by atoms with van der Waals surface area (Å²) in [5, 5.41) is 11.4. The molecule has 1 fully saturated rings. The van der Waals surface area contributed by atoms with Gasteiger partial charge >= 0.3 is 0 Å². The molecule has 0 unspecified atom stereocenters. The Labute approximate surface area is 132 Å². The van der Waals surface area contributed by atoms with Crippen LogP contribution in [-0.4, -0.2) is 46.6 Å². The van der Waals surface area contributed by atoms with Gasteiger partial charge in [-0.15, -0.1) is 0 Å². The smallest absolute Gasteiger partial charge is 0.242 e. The molecule has 0 atom stereocenters. The fourth-order valence-corrected chi connectivity index (χ4v) is 2.74. The molecule has 23 heavy (non-hydrogen) atoms. The lowest BCUT2D eigenvalue weighted by Gasteiger charge is -2.27. The van der Waals surface area contributed by atoms with E-state index in [9.17, 15) is 14.9 Å².